The molecule has 27 heavy (non-hydrogen) atoms. The number of para-hydroxylation sites is 1. The number of fused-ring (bicyclic) bond motifs is 1. The number of carbonyl (C=O) groups excluding carboxylic acids is 1. The van der Waals surface area contributed by atoms with E-state index in [1.165, 1.54) is 6.92 Å². The number of hydrogen-bond donors (Lipinski definition) is 0. The fraction of sp³-hybridized carbons (Fsp3) is 0.100. The predicted molar refractivity (Wildman–Crippen MR) is 97.3 cm³/mol. The molecule has 0 aliphatic heterocycles. The Bertz CT molecular complexity index is 1220. The summed E-state index contributed by atoms with van der Waals surface area (Å²) >= 11 is 0. The molecular formula is C20H14N2O5. The molecule has 0 atom stereocenters. The summed E-state index contributed by atoms with van der Waals surface area (Å²) in [4.78, 5) is 28.0. The molecule has 0 spiro atoms. The third-order valence-corrected chi connectivity index (χ3v) is 4.02. The van der Waals surface area contributed by atoms with Crippen LogP contribution in [0.5, 0.6) is 5.75 Å². The van der Waals surface area contributed by atoms with Gasteiger partial charge < -0.3 is 13.7 Å². The van der Waals surface area contributed by atoms with Crippen molar-refractivity contribution in [2.75, 3.05) is 0 Å². The molecule has 0 saturated carbocycles. The van der Waals surface area contributed by atoms with Crippen LogP contribution in [0.4, 0.5) is 0 Å². The van der Waals surface area contributed by atoms with Gasteiger partial charge in [0.05, 0.1) is 0 Å². The number of ether oxygens (including phenoxy) is 1. The van der Waals surface area contributed by atoms with Crippen molar-refractivity contribution < 1.29 is 18.5 Å². The molecule has 0 saturated heterocycles. The van der Waals surface area contributed by atoms with E-state index in [1.807, 2.05) is 31.2 Å². The fourth-order valence-electron chi connectivity index (χ4n) is 2.77. The molecule has 2 aromatic heterocycles. The minimum Gasteiger partial charge on any atom is -0.423 e. The topological polar surface area (TPSA) is 95.4 Å². The van der Waals surface area contributed by atoms with Crippen molar-refractivity contribution in [2.24, 2.45) is 0 Å². The standard InChI is InChI=1S/C20H14N2O5/c1-11-6-3-4-8-14(11)18-21-19(27-22-18)15-10-13-7-5-9-16(25-12(2)23)17(13)26-20(15)24/h3-10H,1-2H3. The van der Waals surface area contributed by atoms with Crippen LogP contribution in [0.2, 0.25) is 0 Å². The Morgan fingerprint density at radius 3 is 2.67 bits per heavy atom. The smallest absolute Gasteiger partial charge is 0.349 e. The summed E-state index contributed by atoms with van der Waals surface area (Å²) in [6, 6.07) is 14.1. The summed E-state index contributed by atoms with van der Waals surface area (Å²) in [6.07, 6.45) is 0. The minimum atomic E-state index is -0.665. The molecule has 0 N–H and O–H groups in total. The summed E-state index contributed by atoms with van der Waals surface area (Å²) in [5, 5.41) is 4.53. The number of aryl methyl sites for hydroxylation is 1. The summed E-state index contributed by atoms with van der Waals surface area (Å²) in [7, 11) is 0. The van der Waals surface area contributed by atoms with E-state index in [-0.39, 0.29) is 22.8 Å². The molecule has 0 aliphatic rings. The van der Waals surface area contributed by atoms with Crippen LogP contribution < -0.4 is 10.4 Å². The summed E-state index contributed by atoms with van der Waals surface area (Å²) in [5.74, 6) is 0.113. The van der Waals surface area contributed by atoms with Gasteiger partial charge in [-0.3, -0.25) is 4.79 Å². The maximum Gasteiger partial charge on any atom is 0.349 e. The first kappa shape index (κ1) is 16.7. The zero-order valence-electron chi connectivity index (χ0n) is 14.6. The molecule has 0 amide bonds. The van der Waals surface area contributed by atoms with Crippen LogP contribution in [-0.2, 0) is 4.79 Å². The van der Waals surface area contributed by atoms with Gasteiger partial charge in [-0.1, -0.05) is 41.6 Å². The first-order chi connectivity index (χ1) is 13.0. The first-order valence-corrected chi connectivity index (χ1v) is 8.18. The molecule has 2 aromatic carbocycles. The molecule has 0 unspecified atom stereocenters. The van der Waals surface area contributed by atoms with Crippen LogP contribution in [0.3, 0.4) is 0 Å². The number of esters is 1. The van der Waals surface area contributed by atoms with E-state index in [1.54, 1.807) is 24.3 Å². The second-order valence-corrected chi connectivity index (χ2v) is 5.95. The molecule has 0 aliphatic carbocycles. The second kappa shape index (κ2) is 6.53. The summed E-state index contributed by atoms with van der Waals surface area (Å²) in [5.41, 5.74) is 1.45. The Morgan fingerprint density at radius 2 is 1.89 bits per heavy atom. The number of carbonyl (C=O) groups is 1. The minimum absolute atomic E-state index is 0.0572. The Labute approximate surface area is 153 Å². The van der Waals surface area contributed by atoms with Crippen molar-refractivity contribution >= 4 is 16.9 Å². The molecule has 0 fully saturated rings. The normalized spacial score (nSPS) is 10.9. The monoisotopic (exact) mass is 362 g/mol. The van der Waals surface area contributed by atoms with E-state index in [0.717, 1.165) is 11.1 Å². The maximum absolute atomic E-state index is 12.4. The molecular weight excluding hydrogens is 348 g/mol. The summed E-state index contributed by atoms with van der Waals surface area (Å²) in [6.45, 7) is 3.21. The molecule has 2 heterocycles. The average Bonchev–Trinajstić information content (AvgIpc) is 3.11. The number of rotatable bonds is 3. The van der Waals surface area contributed by atoms with Crippen molar-refractivity contribution in [1.29, 1.82) is 0 Å². The average molecular weight is 362 g/mol. The molecule has 7 nitrogen and oxygen atoms in total. The highest BCUT2D eigenvalue weighted by Crippen LogP contribution is 2.28. The van der Waals surface area contributed by atoms with E-state index < -0.39 is 11.6 Å². The highest BCUT2D eigenvalue weighted by atomic mass is 16.5. The van der Waals surface area contributed by atoms with E-state index in [4.69, 9.17) is 13.7 Å². The van der Waals surface area contributed by atoms with E-state index in [9.17, 15) is 9.59 Å². The van der Waals surface area contributed by atoms with Crippen molar-refractivity contribution in [3.8, 4) is 28.6 Å². The Kier molecular flexibility index (Phi) is 4.04. The van der Waals surface area contributed by atoms with Gasteiger partial charge in [0, 0.05) is 17.9 Å². The zero-order valence-corrected chi connectivity index (χ0v) is 14.6. The number of benzene rings is 2. The number of hydrogen-bond acceptors (Lipinski definition) is 7. The van der Waals surface area contributed by atoms with Crippen molar-refractivity contribution in [2.45, 2.75) is 13.8 Å². The van der Waals surface area contributed by atoms with Crippen LogP contribution in [0.15, 0.2) is 62.3 Å². The Balaban J connectivity index is 1.81. The third-order valence-electron chi connectivity index (χ3n) is 4.02. The SMILES string of the molecule is CC(=O)Oc1cccc2cc(-c3nc(-c4ccccc4C)no3)c(=O)oc12. The highest BCUT2D eigenvalue weighted by molar-refractivity contribution is 5.87. The van der Waals surface area contributed by atoms with Crippen molar-refractivity contribution in [3.05, 3.63) is 64.5 Å². The summed E-state index contributed by atoms with van der Waals surface area (Å²) < 4.78 is 15.7. The van der Waals surface area contributed by atoms with Gasteiger partial charge in [0.1, 0.15) is 5.56 Å². The first-order valence-electron chi connectivity index (χ1n) is 8.18. The van der Waals surface area contributed by atoms with Crippen LogP contribution in [-0.4, -0.2) is 16.1 Å². The molecule has 0 bridgehead atoms. The van der Waals surface area contributed by atoms with E-state index in [2.05, 4.69) is 10.1 Å². The van der Waals surface area contributed by atoms with Gasteiger partial charge in [-0.05, 0) is 24.6 Å². The van der Waals surface area contributed by atoms with Crippen molar-refractivity contribution in [3.63, 3.8) is 0 Å². The van der Waals surface area contributed by atoms with Gasteiger partial charge in [0.25, 0.3) is 5.89 Å². The molecule has 0 radical (unpaired) electrons. The lowest BCUT2D eigenvalue weighted by Gasteiger charge is -2.04. The second-order valence-electron chi connectivity index (χ2n) is 5.95. The van der Waals surface area contributed by atoms with Gasteiger partial charge in [-0.2, -0.15) is 4.98 Å². The molecule has 4 aromatic rings. The lowest BCUT2D eigenvalue weighted by Crippen LogP contribution is -2.06. The lowest BCUT2D eigenvalue weighted by atomic mass is 10.1. The number of nitrogens with zero attached hydrogens (tertiary/aromatic N) is 2. The van der Waals surface area contributed by atoms with Crippen LogP contribution >= 0.6 is 0 Å². The van der Waals surface area contributed by atoms with Crippen LogP contribution in [0.25, 0.3) is 33.8 Å². The van der Waals surface area contributed by atoms with Gasteiger partial charge in [-0.15, -0.1) is 0 Å². The largest absolute Gasteiger partial charge is 0.423 e. The Hall–Kier alpha value is -3.74. The predicted octanol–water partition coefficient (Wildman–Crippen LogP) is 3.74. The van der Waals surface area contributed by atoms with Crippen LogP contribution in [0, 0.1) is 6.92 Å². The molecule has 134 valence electrons. The van der Waals surface area contributed by atoms with Gasteiger partial charge in [0.2, 0.25) is 5.82 Å². The lowest BCUT2D eigenvalue weighted by molar-refractivity contribution is -0.131. The quantitative estimate of drug-likeness (QED) is 0.311. The van der Waals surface area contributed by atoms with Crippen molar-refractivity contribution in [1.82, 2.24) is 10.1 Å². The third kappa shape index (κ3) is 3.10. The van der Waals surface area contributed by atoms with E-state index in [0.29, 0.717) is 11.2 Å². The van der Waals surface area contributed by atoms with E-state index >= 15 is 0 Å². The maximum atomic E-state index is 12.4. The fourth-order valence-corrected chi connectivity index (χ4v) is 2.77. The van der Waals surface area contributed by atoms with Gasteiger partial charge in [0.15, 0.2) is 11.3 Å². The van der Waals surface area contributed by atoms with Gasteiger partial charge >= 0.3 is 11.6 Å². The Morgan fingerprint density at radius 1 is 1.07 bits per heavy atom. The molecule has 4 rings (SSSR count). The van der Waals surface area contributed by atoms with Crippen LogP contribution in [0.1, 0.15) is 12.5 Å². The highest BCUT2D eigenvalue weighted by Gasteiger charge is 2.18. The van der Waals surface area contributed by atoms with Gasteiger partial charge in [-0.25, -0.2) is 4.79 Å². The number of aromatic nitrogens is 2. The zero-order chi connectivity index (χ0) is 19.0. The molecule has 7 heteroatoms.